The van der Waals surface area contributed by atoms with Crippen molar-refractivity contribution < 1.29 is 14.3 Å². The first kappa shape index (κ1) is 14.4. The monoisotopic (exact) mass is 295 g/mol. The first-order valence-corrected chi connectivity index (χ1v) is 7.14. The van der Waals surface area contributed by atoms with E-state index in [0.29, 0.717) is 17.9 Å². The van der Waals surface area contributed by atoms with Crippen molar-refractivity contribution in [3.8, 4) is 0 Å². The molecule has 0 radical (unpaired) electrons. The van der Waals surface area contributed by atoms with E-state index < -0.39 is 0 Å². The molecule has 0 saturated heterocycles. The third-order valence-electron chi connectivity index (χ3n) is 3.78. The zero-order valence-electron chi connectivity index (χ0n) is 12.3. The highest BCUT2D eigenvalue weighted by atomic mass is 16.3. The van der Waals surface area contributed by atoms with Gasteiger partial charge in [-0.25, -0.2) is 0 Å². The van der Waals surface area contributed by atoms with Crippen molar-refractivity contribution in [2.75, 3.05) is 0 Å². The van der Waals surface area contributed by atoms with Gasteiger partial charge in [-0.05, 0) is 24.1 Å². The number of nitrogens with one attached hydrogen (secondary N) is 1. The van der Waals surface area contributed by atoms with Gasteiger partial charge < -0.3 is 14.8 Å². The number of carbonyl (C=O) groups is 1. The Bertz CT molecular complexity index is 820. The van der Waals surface area contributed by atoms with Crippen LogP contribution in [-0.4, -0.2) is 11.0 Å². The van der Waals surface area contributed by atoms with Crippen LogP contribution in [0, 0.1) is 6.92 Å². The van der Waals surface area contributed by atoms with Crippen molar-refractivity contribution in [3.05, 3.63) is 71.0 Å². The zero-order valence-corrected chi connectivity index (χ0v) is 12.3. The number of fused-ring (bicyclic) bond motifs is 1. The number of furan rings is 1. The van der Waals surface area contributed by atoms with Gasteiger partial charge in [0.15, 0.2) is 5.76 Å². The molecule has 0 aliphatic carbocycles. The van der Waals surface area contributed by atoms with E-state index >= 15 is 0 Å². The van der Waals surface area contributed by atoms with Crippen LogP contribution >= 0.6 is 0 Å². The zero-order chi connectivity index (χ0) is 15.5. The molecule has 0 unspecified atom stereocenters. The number of carbonyl (C=O) groups excluding carboxylic acids is 1. The van der Waals surface area contributed by atoms with Gasteiger partial charge in [-0.2, -0.15) is 0 Å². The molecule has 0 spiro atoms. The minimum absolute atomic E-state index is 0.0459. The maximum Gasteiger partial charge on any atom is 0.287 e. The topological polar surface area (TPSA) is 62.5 Å². The Hall–Kier alpha value is -2.59. The minimum Gasteiger partial charge on any atom is -0.451 e. The maximum absolute atomic E-state index is 12.3. The number of amides is 1. The van der Waals surface area contributed by atoms with Gasteiger partial charge in [0.2, 0.25) is 0 Å². The summed E-state index contributed by atoms with van der Waals surface area (Å²) in [6.45, 7) is 2.18. The summed E-state index contributed by atoms with van der Waals surface area (Å²) in [6.07, 6.45) is 0. The number of rotatable bonds is 4. The molecule has 4 heteroatoms. The van der Waals surface area contributed by atoms with E-state index in [4.69, 9.17) is 4.42 Å². The molecule has 0 aliphatic heterocycles. The highest BCUT2D eigenvalue weighted by molar-refractivity contribution is 5.98. The summed E-state index contributed by atoms with van der Waals surface area (Å²) in [6, 6.07) is 15.1. The average Bonchev–Trinajstić information content (AvgIpc) is 2.90. The largest absolute Gasteiger partial charge is 0.451 e. The van der Waals surface area contributed by atoms with E-state index in [0.717, 1.165) is 22.1 Å². The third kappa shape index (κ3) is 2.61. The number of benzene rings is 2. The fraction of sp³-hybridized carbons (Fsp3) is 0.167. The van der Waals surface area contributed by atoms with Gasteiger partial charge in [0, 0.05) is 17.5 Å². The molecule has 0 bridgehead atoms. The molecule has 0 fully saturated rings. The lowest BCUT2D eigenvalue weighted by molar-refractivity contribution is 0.0924. The number of hydrogen-bond donors (Lipinski definition) is 2. The van der Waals surface area contributed by atoms with E-state index in [9.17, 15) is 9.90 Å². The predicted octanol–water partition coefficient (Wildman–Crippen LogP) is 3.16. The summed E-state index contributed by atoms with van der Waals surface area (Å²) < 4.78 is 5.64. The SMILES string of the molecule is Cc1c(C(=O)NCc2ccccc2CO)oc2ccccc12. The van der Waals surface area contributed by atoms with E-state index in [2.05, 4.69) is 5.32 Å². The summed E-state index contributed by atoms with van der Waals surface area (Å²) in [5, 5.41) is 13.1. The Morgan fingerprint density at radius 3 is 2.50 bits per heavy atom. The normalized spacial score (nSPS) is 10.8. The highest BCUT2D eigenvalue weighted by Gasteiger charge is 2.17. The standard InChI is InChI=1S/C18H17NO3/c1-12-15-8-4-5-9-16(15)22-17(12)18(21)19-10-13-6-2-3-7-14(13)11-20/h2-9,20H,10-11H2,1H3,(H,19,21). The Kier molecular flexibility index (Phi) is 3.94. The minimum atomic E-state index is -0.249. The van der Waals surface area contributed by atoms with Crippen LogP contribution < -0.4 is 5.32 Å². The third-order valence-corrected chi connectivity index (χ3v) is 3.78. The van der Waals surface area contributed by atoms with Crippen LogP contribution in [0.15, 0.2) is 52.9 Å². The fourth-order valence-corrected chi connectivity index (χ4v) is 2.53. The summed E-state index contributed by atoms with van der Waals surface area (Å²) in [4.78, 5) is 12.3. The molecule has 2 N–H and O–H groups in total. The molecule has 22 heavy (non-hydrogen) atoms. The molecule has 1 amide bonds. The number of aryl methyl sites for hydroxylation is 1. The van der Waals surface area contributed by atoms with Crippen LogP contribution in [0.2, 0.25) is 0 Å². The Balaban J connectivity index is 1.80. The molecule has 0 aliphatic rings. The van der Waals surface area contributed by atoms with Crippen molar-refractivity contribution in [1.82, 2.24) is 5.32 Å². The lowest BCUT2D eigenvalue weighted by Gasteiger charge is -2.08. The molecule has 0 atom stereocenters. The molecule has 3 rings (SSSR count). The van der Waals surface area contributed by atoms with Crippen LogP contribution in [0.5, 0.6) is 0 Å². The smallest absolute Gasteiger partial charge is 0.287 e. The summed E-state index contributed by atoms with van der Waals surface area (Å²) in [7, 11) is 0. The average molecular weight is 295 g/mol. The van der Waals surface area contributed by atoms with Crippen LogP contribution in [0.4, 0.5) is 0 Å². The number of aliphatic hydroxyl groups excluding tert-OH is 1. The fourth-order valence-electron chi connectivity index (χ4n) is 2.53. The number of para-hydroxylation sites is 1. The van der Waals surface area contributed by atoms with Gasteiger partial charge in [0.05, 0.1) is 6.61 Å². The van der Waals surface area contributed by atoms with Crippen LogP contribution in [-0.2, 0) is 13.2 Å². The molecule has 4 nitrogen and oxygen atoms in total. The first-order chi connectivity index (χ1) is 10.7. The second-order valence-corrected chi connectivity index (χ2v) is 5.16. The van der Waals surface area contributed by atoms with Gasteiger partial charge in [-0.3, -0.25) is 4.79 Å². The lowest BCUT2D eigenvalue weighted by Crippen LogP contribution is -2.23. The van der Waals surface area contributed by atoms with Crippen molar-refractivity contribution in [1.29, 1.82) is 0 Å². The first-order valence-electron chi connectivity index (χ1n) is 7.14. The molecule has 2 aromatic carbocycles. The van der Waals surface area contributed by atoms with Gasteiger partial charge in [-0.1, -0.05) is 42.5 Å². The Labute approximate surface area is 128 Å². The molecule has 1 aromatic heterocycles. The van der Waals surface area contributed by atoms with E-state index in [-0.39, 0.29) is 12.5 Å². The summed E-state index contributed by atoms with van der Waals surface area (Å²) >= 11 is 0. The summed E-state index contributed by atoms with van der Waals surface area (Å²) in [5.74, 6) is 0.0872. The van der Waals surface area contributed by atoms with Crippen molar-refractivity contribution >= 4 is 16.9 Å². The predicted molar refractivity (Wildman–Crippen MR) is 84.5 cm³/mol. The van der Waals surface area contributed by atoms with Gasteiger partial charge in [0.25, 0.3) is 5.91 Å². The molecular formula is C18H17NO3. The van der Waals surface area contributed by atoms with Crippen LogP contribution in [0.25, 0.3) is 11.0 Å². The Morgan fingerprint density at radius 1 is 1.09 bits per heavy atom. The second-order valence-electron chi connectivity index (χ2n) is 5.16. The number of aliphatic hydroxyl groups is 1. The Morgan fingerprint density at radius 2 is 1.77 bits per heavy atom. The van der Waals surface area contributed by atoms with Crippen LogP contribution in [0.1, 0.15) is 27.2 Å². The van der Waals surface area contributed by atoms with E-state index in [1.807, 2.05) is 55.5 Å². The number of hydrogen-bond acceptors (Lipinski definition) is 3. The van der Waals surface area contributed by atoms with E-state index in [1.165, 1.54) is 0 Å². The quantitative estimate of drug-likeness (QED) is 0.777. The molecule has 112 valence electrons. The highest BCUT2D eigenvalue weighted by Crippen LogP contribution is 2.24. The van der Waals surface area contributed by atoms with Crippen molar-refractivity contribution in [2.45, 2.75) is 20.1 Å². The lowest BCUT2D eigenvalue weighted by atomic mass is 10.1. The maximum atomic E-state index is 12.3. The molecule has 0 saturated carbocycles. The van der Waals surface area contributed by atoms with Crippen LogP contribution in [0.3, 0.4) is 0 Å². The van der Waals surface area contributed by atoms with Crippen molar-refractivity contribution in [2.24, 2.45) is 0 Å². The van der Waals surface area contributed by atoms with Gasteiger partial charge in [-0.15, -0.1) is 0 Å². The van der Waals surface area contributed by atoms with Gasteiger partial charge in [0.1, 0.15) is 5.58 Å². The summed E-state index contributed by atoms with van der Waals surface area (Å²) in [5.41, 5.74) is 3.25. The second kappa shape index (κ2) is 6.03. The molecule has 1 heterocycles. The molecular weight excluding hydrogens is 278 g/mol. The van der Waals surface area contributed by atoms with Gasteiger partial charge >= 0.3 is 0 Å². The molecule has 3 aromatic rings. The van der Waals surface area contributed by atoms with Crippen molar-refractivity contribution in [3.63, 3.8) is 0 Å². The van der Waals surface area contributed by atoms with E-state index in [1.54, 1.807) is 0 Å².